The number of amides is 4. The van der Waals surface area contributed by atoms with Crippen LogP contribution in [0.5, 0.6) is 0 Å². The average molecular weight is 505 g/mol. The van der Waals surface area contributed by atoms with Crippen LogP contribution in [0.25, 0.3) is 0 Å². The Balaban J connectivity index is 5.60. The molecule has 0 saturated carbocycles. The summed E-state index contributed by atoms with van der Waals surface area (Å²) < 4.78 is 0. The fourth-order valence-electron chi connectivity index (χ4n) is 2.57. The third kappa shape index (κ3) is 13.1. The van der Waals surface area contributed by atoms with Crippen molar-refractivity contribution in [3.05, 3.63) is 0 Å². The van der Waals surface area contributed by atoms with Gasteiger partial charge in [0, 0.05) is 12.8 Å². The van der Waals surface area contributed by atoms with Gasteiger partial charge in [0.2, 0.25) is 23.6 Å². The Kier molecular flexibility index (Phi) is 13.0. The molecule has 17 heteroatoms. The molecule has 0 fully saturated rings. The SMILES string of the molecule is NC(=O)CCC(NC(=O)C(CC(=O)O)NC(=O)C(CCC(=O)O)NC(=O)C(N)CC(=O)O)C(=O)O. The standard InChI is InChI=1S/C18H27N5O12/c19-7(5-13(27)28)15(31)21-8(2-4-12(25)26)16(32)23-10(6-14(29)30)17(33)22-9(18(34)35)1-3-11(20)24/h7-10H,1-6,19H2,(H2,20,24)(H,21,31)(H,22,33)(H,23,32)(H,25,26)(H,27,28)(H,29,30)(H,34,35). The van der Waals surface area contributed by atoms with E-state index in [9.17, 15) is 43.5 Å². The first-order chi connectivity index (χ1) is 16.1. The number of nitrogens with two attached hydrogens (primary N) is 2. The number of hydrogen-bond acceptors (Lipinski definition) is 9. The number of primary amides is 1. The molecule has 0 saturated heterocycles. The first kappa shape index (κ1) is 30.7. The predicted octanol–water partition coefficient (Wildman–Crippen LogP) is -4.07. The summed E-state index contributed by atoms with van der Waals surface area (Å²) in [5.41, 5.74) is 10.3. The number of carboxylic acids is 4. The molecule has 35 heavy (non-hydrogen) atoms. The Morgan fingerprint density at radius 3 is 1.51 bits per heavy atom. The summed E-state index contributed by atoms with van der Waals surface area (Å²) in [4.78, 5) is 92.1. The van der Waals surface area contributed by atoms with Gasteiger partial charge in [-0.15, -0.1) is 0 Å². The summed E-state index contributed by atoms with van der Waals surface area (Å²) in [6, 6.07) is -6.79. The molecule has 0 rings (SSSR count). The number of carbonyl (C=O) groups is 8. The summed E-state index contributed by atoms with van der Waals surface area (Å²) >= 11 is 0. The Bertz CT molecular complexity index is 861. The molecule has 0 heterocycles. The highest BCUT2D eigenvalue weighted by atomic mass is 16.4. The lowest BCUT2D eigenvalue weighted by atomic mass is 10.1. The maximum atomic E-state index is 12.6. The van der Waals surface area contributed by atoms with Crippen molar-refractivity contribution in [3.63, 3.8) is 0 Å². The summed E-state index contributed by atoms with van der Waals surface area (Å²) in [5, 5.41) is 41.8. The molecule has 0 aromatic rings. The monoisotopic (exact) mass is 505 g/mol. The van der Waals surface area contributed by atoms with Crippen LogP contribution in [-0.2, 0) is 38.4 Å². The van der Waals surface area contributed by atoms with Gasteiger partial charge in [-0.25, -0.2) is 4.79 Å². The van der Waals surface area contributed by atoms with E-state index in [1.54, 1.807) is 0 Å². The van der Waals surface area contributed by atoms with Crippen molar-refractivity contribution in [2.45, 2.75) is 62.7 Å². The van der Waals surface area contributed by atoms with E-state index in [0.29, 0.717) is 0 Å². The molecule has 0 aliphatic heterocycles. The molecule has 0 aliphatic rings. The highest BCUT2D eigenvalue weighted by molar-refractivity contribution is 5.96. The number of aliphatic carboxylic acids is 4. The summed E-state index contributed by atoms with van der Waals surface area (Å²) in [7, 11) is 0. The van der Waals surface area contributed by atoms with Crippen molar-refractivity contribution >= 4 is 47.5 Å². The maximum Gasteiger partial charge on any atom is 0.326 e. The zero-order valence-electron chi connectivity index (χ0n) is 18.3. The molecule has 0 aromatic carbocycles. The Labute approximate surface area is 197 Å². The smallest absolute Gasteiger partial charge is 0.326 e. The molecule has 0 aromatic heterocycles. The highest BCUT2D eigenvalue weighted by Gasteiger charge is 2.32. The van der Waals surface area contributed by atoms with Crippen LogP contribution < -0.4 is 27.4 Å². The molecule has 11 N–H and O–H groups in total. The van der Waals surface area contributed by atoms with Gasteiger partial charge in [0.25, 0.3) is 0 Å². The zero-order valence-corrected chi connectivity index (χ0v) is 18.3. The number of rotatable bonds is 17. The lowest BCUT2D eigenvalue weighted by Crippen LogP contribution is -2.57. The second kappa shape index (κ2) is 14.8. The molecule has 0 radical (unpaired) electrons. The molecule has 0 bridgehead atoms. The van der Waals surface area contributed by atoms with Crippen LogP contribution in [0.2, 0.25) is 0 Å². The highest BCUT2D eigenvalue weighted by Crippen LogP contribution is 2.04. The first-order valence-corrected chi connectivity index (χ1v) is 9.97. The summed E-state index contributed by atoms with van der Waals surface area (Å²) in [6.45, 7) is 0. The molecular formula is C18H27N5O12. The van der Waals surface area contributed by atoms with E-state index in [1.165, 1.54) is 0 Å². The first-order valence-electron chi connectivity index (χ1n) is 9.97. The minimum atomic E-state index is -1.87. The van der Waals surface area contributed by atoms with Crippen LogP contribution in [0.3, 0.4) is 0 Å². The van der Waals surface area contributed by atoms with Crippen LogP contribution in [0, 0.1) is 0 Å². The van der Waals surface area contributed by atoms with E-state index in [1.807, 2.05) is 16.0 Å². The maximum absolute atomic E-state index is 12.6. The number of nitrogens with one attached hydrogen (secondary N) is 3. The topological polar surface area (TPSA) is 306 Å². The van der Waals surface area contributed by atoms with Gasteiger partial charge in [0.15, 0.2) is 0 Å². The van der Waals surface area contributed by atoms with E-state index in [4.69, 9.17) is 26.8 Å². The average Bonchev–Trinajstić information content (AvgIpc) is 2.71. The normalized spacial score (nSPS) is 13.9. The van der Waals surface area contributed by atoms with E-state index in [2.05, 4.69) is 0 Å². The van der Waals surface area contributed by atoms with Gasteiger partial charge < -0.3 is 47.8 Å². The lowest BCUT2D eigenvalue weighted by molar-refractivity contribution is -0.143. The van der Waals surface area contributed by atoms with Crippen LogP contribution >= 0.6 is 0 Å². The van der Waals surface area contributed by atoms with Crippen molar-refractivity contribution in [2.75, 3.05) is 0 Å². The van der Waals surface area contributed by atoms with E-state index in [-0.39, 0.29) is 0 Å². The second-order valence-electron chi connectivity index (χ2n) is 7.26. The molecule has 4 atom stereocenters. The van der Waals surface area contributed by atoms with Gasteiger partial charge in [-0.3, -0.25) is 33.6 Å². The molecule has 4 unspecified atom stereocenters. The molecule has 0 spiro atoms. The molecule has 17 nitrogen and oxygen atoms in total. The van der Waals surface area contributed by atoms with Crippen molar-refractivity contribution < 1.29 is 58.8 Å². The van der Waals surface area contributed by atoms with Crippen LogP contribution in [0.4, 0.5) is 0 Å². The number of hydrogen-bond donors (Lipinski definition) is 9. The van der Waals surface area contributed by atoms with Crippen molar-refractivity contribution in [3.8, 4) is 0 Å². The Morgan fingerprint density at radius 1 is 0.600 bits per heavy atom. The van der Waals surface area contributed by atoms with Crippen molar-refractivity contribution in [2.24, 2.45) is 11.5 Å². The van der Waals surface area contributed by atoms with Gasteiger partial charge in [0.1, 0.15) is 18.1 Å². The molecule has 0 aliphatic carbocycles. The largest absolute Gasteiger partial charge is 0.481 e. The Hall–Kier alpha value is -4.28. The van der Waals surface area contributed by atoms with E-state index < -0.39 is 110 Å². The fraction of sp³-hybridized carbons (Fsp3) is 0.556. The molecular weight excluding hydrogens is 478 g/mol. The minimum absolute atomic E-state index is 0.424. The van der Waals surface area contributed by atoms with Crippen LogP contribution in [0.15, 0.2) is 0 Å². The Morgan fingerprint density at radius 2 is 1.06 bits per heavy atom. The zero-order chi connectivity index (χ0) is 27.3. The number of carbonyl (C=O) groups excluding carboxylic acids is 4. The van der Waals surface area contributed by atoms with Gasteiger partial charge in [-0.05, 0) is 12.8 Å². The van der Waals surface area contributed by atoms with Gasteiger partial charge in [-0.1, -0.05) is 0 Å². The van der Waals surface area contributed by atoms with Crippen molar-refractivity contribution in [1.82, 2.24) is 16.0 Å². The van der Waals surface area contributed by atoms with Crippen LogP contribution in [-0.4, -0.2) is 92.1 Å². The van der Waals surface area contributed by atoms with Gasteiger partial charge in [-0.2, -0.15) is 0 Å². The third-order valence-electron chi connectivity index (χ3n) is 4.32. The number of carboxylic acid groups (broad SMARTS) is 4. The van der Waals surface area contributed by atoms with E-state index >= 15 is 0 Å². The van der Waals surface area contributed by atoms with E-state index in [0.717, 1.165) is 0 Å². The lowest BCUT2D eigenvalue weighted by Gasteiger charge is -2.24. The second-order valence-corrected chi connectivity index (χ2v) is 7.26. The molecule has 196 valence electrons. The fourth-order valence-corrected chi connectivity index (χ4v) is 2.57. The van der Waals surface area contributed by atoms with Crippen LogP contribution in [0.1, 0.15) is 38.5 Å². The minimum Gasteiger partial charge on any atom is -0.481 e. The summed E-state index contributed by atoms with van der Waals surface area (Å²) in [5.74, 6) is -10.4. The van der Waals surface area contributed by atoms with Gasteiger partial charge >= 0.3 is 23.9 Å². The predicted molar refractivity (Wildman–Crippen MR) is 111 cm³/mol. The summed E-state index contributed by atoms with van der Waals surface area (Å²) in [6.07, 6.45) is -3.89. The van der Waals surface area contributed by atoms with Crippen molar-refractivity contribution in [1.29, 1.82) is 0 Å². The quantitative estimate of drug-likeness (QED) is 0.0909. The molecule has 4 amide bonds. The van der Waals surface area contributed by atoms with Gasteiger partial charge in [0.05, 0.1) is 18.9 Å². The third-order valence-corrected chi connectivity index (χ3v) is 4.32.